The Morgan fingerprint density at radius 3 is 2.50 bits per heavy atom. The zero-order chi connectivity index (χ0) is 19.9. The lowest BCUT2D eigenvalue weighted by Crippen LogP contribution is -2.38. The largest absolute Gasteiger partial charge is 0.486 e. The van der Waals surface area contributed by atoms with Crippen LogP contribution in [0.2, 0.25) is 0 Å². The van der Waals surface area contributed by atoms with Crippen molar-refractivity contribution in [1.29, 1.82) is 0 Å². The van der Waals surface area contributed by atoms with Crippen molar-refractivity contribution in [1.82, 2.24) is 5.32 Å². The van der Waals surface area contributed by atoms with Gasteiger partial charge in [-0.3, -0.25) is 4.79 Å². The number of carbonyl (C=O) groups excluding carboxylic acids is 2. The molecule has 0 saturated heterocycles. The molecule has 148 valence electrons. The number of carbonyl (C=O) groups is 2. The van der Waals surface area contributed by atoms with Crippen LogP contribution in [0.4, 0.5) is 0 Å². The average Bonchev–Trinajstić information content (AvgIpc) is 2.74. The van der Waals surface area contributed by atoms with Crippen LogP contribution in [0.25, 0.3) is 0 Å². The maximum Gasteiger partial charge on any atom is 0.339 e. The van der Waals surface area contributed by atoms with Crippen molar-refractivity contribution in [2.24, 2.45) is 0 Å². The minimum Gasteiger partial charge on any atom is -0.486 e. The van der Waals surface area contributed by atoms with E-state index in [0.717, 1.165) is 6.42 Å². The monoisotopic (exact) mass is 383 g/mol. The summed E-state index contributed by atoms with van der Waals surface area (Å²) in [5, 5.41) is 2.88. The van der Waals surface area contributed by atoms with Gasteiger partial charge in [-0.05, 0) is 37.1 Å². The van der Waals surface area contributed by atoms with E-state index in [1.165, 1.54) is 5.56 Å². The highest BCUT2D eigenvalue weighted by molar-refractivity contribution is 5.92. The molecular formula is C22H25NO5. The molecule has 0 saturated carbocycles. The maximum atomic E-state index is 12.4. The smallest absolute Gasteiger partial charge is 0.339 e. The fraction of sp³-hybridized carbons (Fsp3) is 0.364. The highest BCUT2D eigenvalue weighted by Crippen LogP contribution is 2.31. The summed E-state index contributed by atoms with van der Waals surface area (Å²) in [6.07, 6.45) is 0.00401. The van der Waals surface area contributed by atoms with E-state index in [1.807, 2.05) is 30.3 Å². The topological polar surface area (TPSA) is 73.9 Å². The molecule has 2 aromatic rings. The number of ether oxygens (including phenoxy) is 3. The molecular weight excluding hydrogens is 358 g/mol. The van der Waals surface area contributed by atoms with Gasteiger partial charge < -0.3 is 19.5 Å². The Kier molecular flexibility index (Phi) is 6.53. The van der Waals surface area contributed by atoms with Gasteiger partial charge in [0.1, 0.15) is 13.2 Å². The number of benzene rings is 2. The molecule has 0 aromatic heterocycles. The predicted molar refractivity (Wildman–Crippen MR) is 105 cm³/mol. The Morgan fingerprint density at radius 1 is 1.07 bits per heavy atom. The Labute approximate surface area is 164 Å². The third kappa shape index (κ3) is 4.82. The van der Waals surface area contributed by atoms with Crippen LogP contribution in [0.15, 0.2) is 48.5 Å². The first kappa shape index (κ1) is 19.7. The first-order valence-corrected chi connectivity index (χ1v) is 9.51. The van der Waals surface area contributed by atoms with Gasteiger partial charge in [-0.25, -0.2) is 4.79 Å². The lowest BCUT2D eigenvalue weighted by Gasteiger charge is -2.20. The van der Waals surface area contributed by atoms with Crippen molar-refractivity contribution in [2.75, 3.05) is 19.8 Å². The molecule has 1 aliphatic rings. The van der Waals surface area contributed by atoms with E-state index in [2.05, 4.69) is 12.2 Å². The van der Waals surface area contributed by atoms with Gasteiger partial charge in [0.05, 0.1) is 5.56 Å². The molecule has 2 aromatic carbocycles. The summed E-state index contributed by atoms with van der Waals surface area (Å²) in [6, 6.07) is 14.9. The molecule has 1 aliphatic heterocycles. The van der Waals surface area contributed by atoms with Gasteiger partial charge in [-0.2, -0.15) is 0 Å². The Hall–Kier alpha value is -3.02. The summed E-state index contributed by atoms with van der Waals surface area (Å²) in [5.74, 6) is 0.424. The number of nitrogens with one attached hydrogen (secondary N) is 1. The molecule has 0 fully saturated rings. The summed E-state index contributed by atoms with van der Waals surface area (Å²) >= 11 is 0. The predicted octanol–water partition coefficient (Wildman–Crippen LogP) is 3.31. The molecule has 0 unspecified atom stereocenters. The maximum absolute atomic E-state index is 12.4. The van der Waals surface area contributed by atoms with Crippen LogP contribution < -0.4 is 14.8 Å². The number of amides is 1. The van der Waals surface area contributed by atoms with E-state index in [9.17, 15) is 9.59 Å². The molecule has 28 heavy (non-hydrogen) atoms. The first-order valence-electron chi connectivity index (χ1n) is 9.51. The van der Waals surface area contributed by atoms with E-state index in [4.69, 9.17) is 14.2 Å². The zero-order valence-corrected chi connectivity index (χ0v) is 16.1. The van der Waals surface area contributed by atoms with Gasteiger partial charge in [0.25, 0.3) is 5.91 Å². The van der Waals surface area contributed by atoms with Gasteiger partial charge in [0.2, 0.25) is 0 Å². The lowest BCUT2D eigenvalue weighted by molar-refractivity contribution is -0.129. The zero-order valence-electron chi connectivity index (χ0n) is 16.1. The molecule has 2 atom stereocenters. The molecule has 0 aliphatic carbocycles. The first-order chi connectivity index (χ1) is 13.6. The second-order valence-electron chi connectivity index (χ2n) is 6.67. The van der Waals surface area contributed by atoms with Crippen LogP contribution in [0, 0.1) is 0 Å². The standard InChI is InChI=1S/C22H25NO5/c1-3-16(17-7-5-4-6-8-17)14-23-21(24)15(2)28-22(25)18-9-10-19-20(13-18)27-12-11-26-19/h4-10,13,15-16H,3,11-12,14H2,1-2H3,(H,23,24)/t15-,16+/m1/s1. The Balaban J connectivity index is 1.54. The number of hydrogen-bond acceptors (Lipinski definition) is 5. The minimum atomic E-state index is -0.894. The van der Waals surface area contributed by atoms with E-state index in [1.54, 1.807) is 25.1 Å². The fourth-order valence-corrected chi connectivity index (χ4v) is 3.04. The summed E-state index contributed by atoms with van der Waals surface area (Å²) in [4.78, 5) is 24.7. The van der Waals surface area contributed by atoms with Gasteiger partial charge >= 0.3 is 5.97 Å². The Morgan fingerprint density at radius 2 is 1.79 bits per heavy atom. The van der Waals surface area contributed by atoms with Crippen LogP contribution in [0.5, 0.6) is 11.5 Å². The average molecular weight is 383 g/mol. The second kappa shape index (κ2) is 9.26. The third-order valence-electron chi connectivity index (χ3n) is 4.72. The van der Waals surface area contributed by atoms with E-state index >= 15 is 0 Å². The van der Waals surface area contributed by atoms with Crippen LogP contribution in [0.3, 0.4) is 0 Å². The summed E-state index contributed by atoms with van der Waals surface area (Å²) in [5.41, 5.74) is 1.49. The number of fused-ring (bicyclic) bond motifs is 1. The van der Waals surface area contributed by atoms with E-state index in [0.29, 0.717) is 36.8 Å². The number of esters is 1. The van der Waals surface area contributed by atoms with Crippen LogP contribution >= 0.6 is 0 Å². The van der Waals surface area contributed by atoms with Crippen molar-refractivity contribution in [3.63, 3.8) is 0 Å². The van der Waals surface area contributed by atoms with Gasteiger partial charge in [-0.15, -0.1) is 0 Å². The normalized spacial score (nSPS) is 14.6. The van der Waals surface area contributed by atoms with Crippen LogP contribution in [-0.2, 0) is 9.53 Å². The van der Waals surface area contributed by atoms with Crippen LogP contribution in [0.1, 0.15) is 42.1 Å². The summed E-state index contributed by atoms with van der Waals surface area (Å²) in [7, 11) is 0. The SMILES string of the molecule is CC[C@@H](CNC(=O)[C@@H](C)OC(=O)c1ccc2c(c1)OCCO2)c1ccccc1. The molecule has 0 radical (unpaired) electrons. The van der Waals surface area contributed by atoms with Crippen molar-refractivity contribution in [3.8, 4) is 11.5 Å². The van der Waals surface area contributed by atoms with Crippen molar-refractivity contribution < 1.29 is 23.8 Å². The molecule has 1 amide bonds. The summed E-state index contributed by atoms with van der Waals surface area (Å²) < 4.78 is 16.2. The van der Waals surface area contributed by atoms with Crippen molar-refractivity contribution >= 4 is 11.9 Å². The molecule has 0 spiro atoms. The summed E-state index contributed by atoms with van der Waals surface area (Å²) in [6.45, 7) is 5.05. The van der Waals surface area contributed by atoms with Crippen molar-refractivity contribution in [3.05, 3.63) is 59.7 Å². The van der Waals surface area contributed by atoms with Crippen LogP contribution in [-0.4, -0.2) is 37.7 Å². The van der Waals surface area contributed by atoms with Crippen molar-refractivity contribution in [2.45, 2.75) is 32.3 Å². The van der Waals surface area contributed by atoms with Gasteiger partial charge in [0, 0.05) is 12.5 Å². The highest BCUT2D eigenvalue weighted by Gasteiger charge is 2.22. The minimum absolute atomic E-state index is 0.214. The second-order valence-corrected chi connectivity index (χ2v) is 6.67. The fourth-order valence-electron chi connectivity index (χ4n) is 3.04. The van der Waals surface area contributed by atoms with Gasteiger partial charge in [0.15, 0.2) is 17.6 Å². The molecule has 1 heterocycles. The highest BCUT2D eigenvalue weighted by atomic mass is 16.6. The van der Waals surface area contributed by atoms with E-state index in [-0.39, 0.29) is 11.8 Å². The quantitative estimate of drug-likeness (QED) is 0.743. The molecule has 6 heteroatoms. The molecule has 3 rings (SSSR count). The van der Waals surface area contributed by atoms with Gasteiger partial charge in [-0.1, -0.05) is 37.3 Å². The van der Waals surface area contributed by atoms with E-state index < -0.39 is 12.1 Å². The molecule has 1 N–H and O–H groups in total. The number of hydrogen-bond donors (Lipinski definition) is 1. The third-order valence-corrected chi connectivity index (χ3v) is 4.72. The Bertz CT molecular complexity index is 821. The lowest BCUT2D eigenvalue weighted by atomic mass is 9.96. The molecule has 6 nitrogen and oxygen atoms in total. The number of rotatable bonds is 7. The molecule has 0 bridgehead atoms.